The van der Waals surface area contributed by atoms with Gasteiger partial charge < -0.3 is 5.11 Å². The van der Waals surface area contributed by atoms with Crippen molar-refractivity contribution in [1.82, 2.24) is 5.32 Å². The molecule has 0 aliphatic heterocycles. The zero-order valence-corrected chi connectivity index (χ0v) is 12.0. The van der Waals surface area contributed by atoms with E-state index in [1.165, 1.54) is 25.7 Å². The summed E-state index contributed by atoms with van der Waals surface area (Å²) >= 11 is 0. The van der Waals surface area contributed by atoms with Gasteiger partial charge in [0.25, 0.3) is 0 Å². The Morgan fingerprint density at radius 2 is 2.00 bits per heavy atom. The fourth-order valence-electron chi connectivity index (χ4n) is 4.25. The van der Waals surface area contributed by atoms with Crippen LogP contribution in [0.15, 0.2) is 30.3 Å². The second kappa shape index (κ2) is 5.57. The standard InChI is InChI=1S/C17H23NO2/c1-11(15-10-12-7-8-14(15)9-12)18-16(17(19)20)13-5-3-2-4-6-13/h2-6,11-12,14-16,18H,7-10H2,1H3,(H,19,20). The third-order valence-corrected chi connectivity index (χ3v) is 5.24. The molecular formula is C17H23NO2. The zero-order chi connectivity index (χ0) is 14.1. The van der Waals surface area contributed by atoms with Gasteiger partial charge in [-0.25, -0.2) is 0 Å². The van der Waals surface area contributed by atoms with Crippen LogP contribution in [0.25, 0.3) is 0 Å². The molecule has 1 aromatic rings. The molecule has 5 atom stereocenters. The van der Waals surface area contributed by atoms with E-state index in [1.807, 2.05) is 30.3 Å². The third-order valence-electron chi connectivity index (χ3n) is 5.24. The fourth-order valence-corrected chi connectivity index (χ4v) is 4.25. The number of aliphatic carboxylic acids is 1. The van der Waals surface area contributed by atoms with Crippen LogP contribution in [0, 0.1) is 17.8 Å². The topological polar surface area (TPSA) is 49.3 Å². The molecule has 0 amide bonds. The summed E-state index contributed by atoms with van der Waals surface area (Å²) in [5, 5.41) is 12.8. The van der Waals surface area contributed by atoms with Gasteiger partial charge in [-0.05, 0) is 49.5 Å². The first-order valence-electron chi connectivity index (χ1n) is 7.69. The molecule has 5 unspecified atom stereocenters. The van der Waals surface area contributed by atoms with Crippen molar-refractivity contribution in [3.63, 3.8) is 0 Å². The number of carbonyl (C=O) groups is 1. The lowest BCUT2D eigenvalue weighted by Gasteiger charge is -2.31. The predicted molar refractivity (Wildman–Crippen MR) is 78.4 cm³/mol. The molecule has 1 aromatic carbocycles. The van der Waals surface area contributed by atoms with Crippen LogP contribution in [-0.2, 0) is 4.79 Å². The Morgan fingerprint density at radius 1 is 1.25 bits per heavy atom. The van der Waals surface area contributed by atoms with Gasteiger partial charge in [0, 0.05) is 6.04 Å². The lowest BCUT2D eigenvalue weighted by atomic mass is 9.83. The molecule has 2 aliphatic carbocycles. The number of hydrogen-bond acceptors (Lipinski definition) is 2. The monoisotopic (exact) mass is 273 g/mol. The van der Waals surface area contributed by atoms with Crippen molar-refractivity contribution in [3.8, 4) is 0 Å². The van der Waals surface area contributed by atoms with Gasteiger partial charge in [0.1, 0.15) is 6.04 Å². The number of benzene rings is 1. The highest BCUT2D eigenvalue weighted by molar-refractivity contribution is 5.75. The second-order valence-corrected chi connectivity index (χ2v) is 6.48. The van der Waals surface area contributed by atoms with E-state index in [4.69, 9.17) is 0 Å². The van der Waals surface area contributed by atoms with Crippen LogP contribution < -0.4 is 5.32 Å². The molecule has 0 heterocycles. The van der Waals surface area contributed by atoms with Gasteiger partial charge in [0.2, 0.25) is 0 Å². The van der Waals surface area contributed by atoms with E-state index in [0.29, 0.717) is 5.92 Å². The van der Waals surface area contributed by atoms with Crippen LogP contribution in [0.4, 0.5) is 0 Å². The van der Waals surface area contributed by atoms with Gasteiger partial charge in [0.15, 0.2) is 0 Å². The minimum Gasteiger partial charge on any atom is -0.480 e. The van der Waals surface area contributed by atoms with Crippen LogP contribution in [0.5, 0.6) is 0 Å². The van der Waals surface area contributed by atoms with E-state index in [9.17, 15) is 9.90 Å². The normalized spacial score (nSPS) is 31.1. The summed E-state index contributed by atoms with van der Waals surface area (Å²) in [6, 6.07) is 9.17. The van der Waals surface area contributed by atoms with E-state index in [-0.39, 0.29) is 6.04 Å². The Morgan fingerprint density at radius 3 is 2.55 bits per heavy atom. The lowest BCUT2D eigenvalue weighted by Crippen LogP contribution is -2.41. The molecule has 3 heteroatoms. The van der Waals surface area contributed by atoms with Crippen LogP contribution in [0.3, 0.4) is 0 Å². The van der Waals surface area contributed by atoms with Gasteiger partial charge >= 0.3 is 5.97 Å². The molecule has 3 nitrogen and oxygen atoms in total. The highest BCUT2D eigenvalue weighted by atomic mass is 16.4. The Balaban J connectivity index is 1.69. The minimum atomic E-state index is -0.786. The quantitative estimate of drug-likeness (QED) is 0.866. The summed E-state index contributed by atoms with van der Waals surface area (Å²) in [4.78, 5) is 11.5. The van der Waals surface area contributed by atoms with Crippen LogP contribution in [-0.4, -0.2) is 17.1 Å². The van der Waals surface area contributed by atoms with Crippen molar-refractivity contribution in [2.24, 2.45) is 17.8 Å². The summed E-state index contributed by atoms with van der Waals surface area (Å²) in [6.45, 7) is 2.16. The molecule has 108 valence electrons. The van der Waals surface area contributed by atoms with Gasteiger partial charge in [-0.3, -0.25) is 10.1 Å². The number of carboxylic acid groups (broad SMARTS) is 1. The molecular weight excluding hydrogens is 250 g/mol. The molecule has 20 heavy (non-hydrogen) atoms. The van der Waals surface area contributed by atoms with Crippen molar-refractivity contribution in [2.75, 3.05) is 0 Å². The van der Waals surface area contributed by atoms with Crippen molar-refractivity contribution in [2.45, 2.75) is 44.7 Å². The van der Waals surface area contributed by atoms with Crippen molar-refractivity contribution in [1.29, 1.82) is 0 Å². The van der Waals surface area contributed by atoms with E-state index in [2.05, 4.69) is 12.2 Å². The van der Waals surface area contributed by atoms with Gasteiger partial charge in [-0.15, -0.1) is 0 Å². The summed E-state index contributed by atoms with van der Waals surface area (Å²) in [7, 11) is 0. The molecule has 0 radical (unpaired) electrons. The van der Waals surface area contributed by atoms with Crippen molar-refractivity contribution >= 4 is 5.97 Å². The van der Waals surface area contributed by atoms with E-state index < -0.39 is 12.0 Å². The van der Waals surface area contributed by atoms with Gasteiger partial charge in [0.05, 0.1) is 0 Å². The molecule has 2 bridgehead atoms. The number of hydrogen-bond donors (Lipinski definition) is 2. The summed E-state index contributed by atoms with van der Waals surface area (Å²) in [5.41, 5.74) is 0.843. The third kappa shape index (κ3) is 2.59. The van der Waals surface area contributed by atoms with Crippen molar-refractivity contribution < 1.29 is 9.90 Å². The maximum absolute atomic E-state index is 11.5. The Kier molecular flexibility index (Phi) is 3.79. The number of fused-ring (bicyclic) bond motifs is 2. The summed E-state index contributed by atoms with van der Waals surface area (Å²) in [5.74, 6) is 1.58. The SMILES string of the molecule is CC(NC(C(=O)O)c1ccccc1)C1CC2CCC1C2. The Bertz CT molecular complexity index is 473. The zero-order valence-electron chi connectivity index (χ0n) is 12.0. The summed E-state index contributed by atoms with van der Waals surface area (Å²) < 4.78 is 0. The molecule has 0 saturated heterocycles. The van der Waals surface area contributed by atoms with Gasteiger partial charge in [-0.2, -0.15) is 0 Å². The van der Waals surface area contributed by atoms with E-state index >= 15 is 0 Å². The first-order valence-corrected chi connectivity index (χ1v) is 7.69. The average molecular weight is 273 g/mol. The second-order valence-electron chi connectivity index (χ2n) is 6.48. The fraction of sp³-hybridized carbons (Fsp3) is 0.588. The van der Waals surface area contributed by atoms with Crippen LogP contribution >= 0.6 is 0 Å². The molecule has 3 rings (SSSR count). The molecule has 2 fully saturated rings. The molecule has 2 N–H and O–H groups in total. The first-order chi connectivity index (χ1) is 9.65. The number of nitrogens with one attached hydrogen (secondary N) is 1. The summed E-state index contributed by atoms with van der Waals surface area (Å²) in [6.07, 6.45) is 5.36. The first kappa shape index (κ1) is 13.6. The molecule has 2 saturated carbocycles. The van der Waals surface area contributed by atoms with Crippen LogP contribution in [0.1, 0.15) is 44.2 Å². The smallest absolute Gasteiger partial charge is 0.325 e. The molecule has 0 aromatic heterocycles. The highest BCUT2D eigenvalue weighted by Gasteiger charge is 2.42. The predicted octanol–water partition coefficient (Wildman–Crippen LogP) is 3.23. The van der Waals surface area contributed by atoms with E-state index in [1.54, 1.807) is 0 Å². The maximum Gasteiger partial charge on any atom is 0.325 e. The highest BCUT2D eigenvalue weighted by Crippen LogP contribution is 2.49. The molecule has 0 spiro atoms. The maximum atomic E-state index is 11.5. The lowest BCUT2D eigenvalue weighted by molar-refractivity contribution is -0.140. The minimum absolute atomic E-state index is 0.270. The number of carboxylic acids is 1. The van der Waals surface area contributed by atoms with Gasteiger partial charge in [-0.1, -0.05) is 36.8 Å². The van der Waals surface area contributed by atoms with Crippen molar-refractivity contribution in [3.05, 3.63) is 35.9 Å². The van der Waals surface area contributed by atoms with Crippen LogP contribution in [0.2, 0.25) is 0 Å². The molecule has 2 aliphatic rings. The number of rotatable bonds is 5. The Hall–Kier alpha value is -1.35. The Labute approximate surface area is 120 Å². The largest absolute Gasteiger partial charge is 0.480 e. The average Bonchev–Trinajstić information content (AvgIpc) is 3.07. The van der Waals surface area contributed by atoms with E-state index in [0.717, 1.165) is 17.4 Å².